The van der Waals surface area contributed by atoms with Crippen molar-refractivity contribution in [3.05, 3.63) is 111 Å². The van der Waals surface area contributed by atoms with Crippen molar-refractivity contribution in [2.24, 2.45) is 0 Å². The normalized spacial score (nSPS) is 11.3. The average molecular weight is 501 g/mol. The zero-order chi connectivity index (χ0) is 25.0. The van der Waals surface area contributed by atoms with Crippen LogP contribution in [0.4, 0.5) is 36.3 Å². The van der Waals surface area contributed by atoms with Crippen LogP contribution in [0.15, 0.2) is 79.3 Å². The van der Waals surface area contributed by atoms with Crippen molar-refractivity contribution in [3.63, 3.8) is 0 Å². The van der Waals surface area contributed by atoms with E-state index < -0.39 is 28.4 Å². The van der Waals surface area contributed by atoms with Gasteiger partial charge >= 0.3 is 11.9 Å². The molecule has 178 valence electrons. The summed E-state index contributed by atoms with van der Waals surface area (Å²) in [5.41, 5.74) is 0.0745. The molecule has 0 aliphatic rings. The minimum atomic E-state index is -4.64. The molecule has 12 heteroatoms. The molecule has 2 aromatic carbocycles. The van der Waals surface area contributed by atoms with Crippen molar-refractivity contribution in [2.75, 3.05) is 10.6 Å². The van der Waals surface area contributed by atoms with Crippen molar-refractivity contribution in [3.8, 4) is 0 Å². The monoisotopic (exact) mass is 500 g/mol. The molecule has 0 radical (unpaired) electrons. The van der Waals surface area contributed by atoms with Crippen LogP contribution in [0.3, 0.4) is 0 Å². The minimum Gasteiger partial charge on any atom is -0.353 e. The lowest BCUT2D eigenvalue weighted by Gasteiger charge is -2.20. The Morgan fingerprint density at radius 3 is 1.97 bits per heavy atom. The van der Waals surface area contributed by atoms with Crippen LogP contribution in [-0.2, 0) is 6.18 Å². The Kier molecular flexibility index (Phi) is 6.78. The number of pyridine rings is 1. The first-order valence-electron chi connectivity index (χ1n) is 10.1. The van der Waals surface area contributed by atoms with Crippen LogP contribution < -0.4 is 10.6 Å². The van der Waals surface area contributed by atoms with Gasteiger partial charge in [0, 0.05) is 6.20 Å². The molecule has 4 rings (SSSR count). The van der Waals surface area contributed by atoms with Crippen LogP contribution in [-0.4, -0.2) is 19.9 Å². The number of hydrogen-bond acceptors (Lipinski definition) is 7. The molecule has 0 unspecified atom stereocenters. The first-order valence-corrected chi connectivity index (χ1v) is 10.5. The number of halogens is 4. The second kappa shape index (κ2) is 9.94. The summed E-state index contributed by atoms with van der Waals surface area (Å²) in [5, 5.41) is 17.3. The lowest BCUT2D eigenvalue weighted by molar-refractivity contribution is -0.383. The molecular weight excluding hydrogens is 485 g/mol. The maximum atomic E-state index is 12.9. The van der Waals surface area contributed by atoms with Gasteiger partial charge in [0.1, 0.15) is 6.33 Å². The SMILES string of the molecule is O=[N+]([O-])c1c(Nc2ncc(C(F)(F)F)cc2Cl)ncnc1NC(c1ccccc1)c1ccccc1. The first-order chi connectivity index (χ1) is 16.7. The molecule has 0 bridgehead atoms. The van der Waals surface area contributed by atoms with Crippen molar-refractivity contribution < 1.29 is 18.1 Å². The highest BCUT2D eigenvalue weighted by Gasteiger charge is 2.32. The predicted molar refractivity (Wildman–Crippen MR) is 125 cm³/mol. The summed E-state index contributed by atoms with van der Waals surface area (Å²) in [6.45, 7) is 0. The summed E-state index contributed by atoms with van der Waals surface area (Å²) >= 11 is 5.95. The second-order valence-corrected chi connectivity index (χ2v) is 7.66. The summed E-state index contributed by atoms with van der Waals surface area (Å²) in [6, 6.07) is 18.7. The maximum absolute atomic E-state index is 12.9. The molecule has 0 saturated carbocycles. The number of alkyl halides is 3. The van der Waals surface area contributed by atoms with Crippen LogP contribution in [0.1, 0.15) is 22.7 Å². The summed E-state index contributed by atoms with van der Waals surface area (Å²) in [6.07, 6.45) is -2.99. The Balaban J connectivity index is 1.73. The van der Waals surface area contributed by atoms with Gasteiger partial charge in [0.2, 0.25) is 11.6 Å². The molecule has 0 aliphatic heterocycles. The van der Waals surface area contributed by atoms with Crippen molar-refractivity contribution in [1.29, 1.82) is 0 Å². The molecule has 2 aromatic heterocycles. The molecule has 4 aromatic rings. The molecule has 0 fully saturated rings. The van der Waals surface area contributed by atoms with E-state index in [1.807, 2.05) is 60.7 Å². The van der Waals surface area contributed by atoms with E-state index in [0.29, 0.717) is 12.3 Å². The van der Waals surface area contributed by atoms with Gasteiger partial charge in [-0.15, -0.1) is 0 Å². The van der Waals surface area contributed by atoms with Gasteiger partial charge in [0.05, 0.1) is 21.6 Å². The van der Waals surface area contributed by atoms with Gasteiger partial charge in [-0.25, -0.2) is 15.0 Å². The smallest absolute Gasteiger partial charge is 0.353 e. The van der Waals surface area contributed by atoms with Gasteiger partial charge < -0.3 is 10.6 Å². The molecule has 35 heavy (non-hydrogen) atoms. The third kappa shape index (κ3) is 5.46. The van der Waals surface area contributed by atoms with Gasteiger partial charge in [-0.2, -0.15) is 13.2 Å². The quantitative estimate of drug-likeness (QED) is 0.223. The molecule has 2 heterocycles. The average Bonchev–Trinajstić information content (AvgIpc) is 2.84. The Hall–Kier alpha value is -4.25. The van der Waals surface area contributed by atoms with Crippen LogP contribution in [0.25, 0.3) is 0 Å². The highest BCUT2D eigenvalue weighted by molar-refractivity contribution is 6.33. The molecule has 2 N–H and O–H groups in total. The molecule has 0 amide bonds. The zero-order valence-electron chi connectivity index (χ0n) is 17.7. The molecule has 0 spiro atoms. The van der Waals surface area contributed by atoms with E-state index in [1.54, 1.807) is 0 Å². The summed E-state index contributed by atoms with van der Waals surface area (Å²) in [4.78, 5) is 22.9. The number of benzene rings is 2. The molecule has 0 atom stereocenters. The Labute approximate surface area is 202 Å². The summed E-state index contributed by atoms with van der Waals surface area (Å²) in [5.74, 6) is -0.621. The van der Waals surface area contributed by atoms with Crippen molar-refractivity contribution in [1.82, 2.24) is 15.0 Å². The number of nitro groups is 1. The summed E-state index contributed by atoms with van der Waals surface area (Å²) in [7, 11) is 0. The van der Waals surface area contributed by atoms with Gasteiger partial charge in [-0.05, 0) is 17.2 Å². The van der Waals surface area contributed by atoms with Crippen LogP contribution in [0.5, 0.6) is 0 Å². The number of nitrogens with one attached hydrogen (secondary N) is 2. The van der Waals surface area contributed by atoms with Crippen molar-refractivity contribution >= 4 is 34.7 Å². The minimum absolute atomic E-state index is 0.103. The fraction of sp³-hybridized carbons (Fsp3) is 0.0870. The third-order valence-electron chi connectivity index (χ3n) is 4.96. The lowest BCUT2D eigenvalue weighted by Crippen LogP contribution is -2.15. The fourth-order valence-electron chi connectivity index (χ4n) is 3.33. The van der Waals surface area contributed by atoms with Crippen molar-refractivity contribution in [2.45, 2.75) is 12.2 Å². The van der Waals surface area contributed by atoms with Crippen LogP contribution in [0, 0.1) is 10.1 Å². The first kappa shape index (κ1) is 23.9. The highest BCUT2D eigenvalue weighted by atomic mass is 35.5. The number of anilines is 3. The standard InChI is InChI=1S/C23H16ClF3N6O2/c24-17-11-16(23(25,26)27)12-28-20(17)32-22-19(33(34)35)21(29-13-30-22)31-18(14-7-3-1-4-8-14)15-9-5-2-6-10-15/h1-13,18H,(H2,28,29,30,31,32). The lowest BCUT2D eigenvalue weighted by atomic mass is 9.99. The zero-order valence-corrected chi connectivity index (χ0v) is 18.5. The van der Waals surface area contributed by atoms with E-state index in [4.69, 9.17) is 11.6 Å². The van der Waals surface area contributed by atoms with E-state index >= 15 is 0 Å². The number of nitrogens with zero attached hydrogens (tertiary/aromatic N) is 4. The van der Waals surface area contributed by atoms with Gasteiger partial charge in [-0.3, -0.25) is 10.1 Å². The number of hydrogen-bond donors (Lipinski definition) is 2. The number of rotatable bonds is 7. The molecule has 8 nitrogen and oxygen atoms in total. The summed E-state index contributed by atoms with van der Waals surface area (Å²) < 4.78 is 38.7. The highest BCUT2D eigenvalue weighted by Crippen LogP contribution is 2.37. The second-order valence-electron chi connectivity index (χ2n) is 7.25. The van der Waals surface area contributed by atoms with Gasteiger partial charge in [0.25, 0.3) is 0 Å². The fourth-order valence-corrected chi connectivity index (χ4v) is 3.55. The van der Waals surface area contributed by atoms with E-state index in [9.17, 15) is 23.3 Å². The topological polar surface area (TPSA) is 106 Å². The van der Waals surface area contributed by atoms with Crippen LogP contribution in [0.2, 0.25) is 5.02 Å². The van der Waals surface area contributed by atoms with E-state index in [-0.39, 0.29) is 22.5 Å². The molecular formula is C23H16ClF3N6O2. The molecule has 0 saturated heterocycles. The maximum Gasteiger partial charge on any atom is 0.417 e. The molecule has 0 aliphatic carbocycles. The Bertz CT molecular complexity index is 1300. The van der Waals surface area contributed by atoms with E-state index in [1.165, 1.54) is 0 Å². The van der Waals surface area contributed by atoms with Crippen LogP contribution >= 0.6 is 11.6 Å². The Morgan fingerprint density at radius 1 is 0.886 bits per heavy atom. The van der Waals surface area contributed by atoms with Gasteiger partial charge in [0.15, 0.2) is 5.82 Å². The largest absolute Gasteiger partial charge is 0.417 e. The number of aromatic nitrogens is 3. The van der Waals surface area contributed by atoms with E-state index in [2.05, 4.69) is 25.6 Å². The van der Waals surface area contributed by atoms with Gasteiger partial charge in [-0.1, -0.05) is 72.3 Å². The Morgan fingerprint density at radius 2 is 1.46 bits per heavy atom. The predicted octanol–water partition coefficient (Wildman–Crippen LogP) is 6.40. The third-order valence-corrected chi connectivity index (χ3v) is 5.25. The van der Waals surface area contributed by atoms with E-state index in [0.717, 1.165) is 17.5 Å².